The lowest BCUT2D eigenvalue weighted by Crippen LogP contribution is -2.60. The van der Waals surface area contributed by atoms with Crippen molar-refractivity contribution in [2.24, 2.45) is 0 Å². The highest BCUT2D eigenvalue weighted by molar-refractivity contribution is 5.80. The van der Waals surface area contributed by atoms with E-state index in [1.54, 1.807) is 0 Å². The van der Waals surface area contributed by atoms with Gasteiger partial charge in [-0.2, -0.15) is 0 Å². The highest BCUT2D eigenvalue weighted by atomic mass is 16.7. The number of nitrogens with one attached hydrogen (secondary N) is 1. The molecule has 0 aromatic carbocycles. The zero-order chi connectivity index (χ0) is 37.7. The molecule has 302 valence electrons. The van der Waals surface area contributed by atoms with Gasteiger partial charge in [0.1, 0.15) is 36.6 Å². The van der Waals surface area contributed by atoms with Gasteiger partial charge in [0.15, 0.2) is 6.29 Å². The highest BCUT2D eigenvalue weighted by Crippen LogP contribution is 2.23. The number of hydrogen-bond donors (Lipinski definition) is 8. The van der Waals surface area contributed by atoms with Crippen LogP contribution in [-0.4, -0.2) is 110 Å². The van der Waals surface area contributed by atoms with Gasteiger partial charge in [-0.05, 0) is 38.5 Å². The molecule has 1 rings (SSSR count). The Morgan fingerprint density at radius 3 is 1.69 bits per heavy atom. The zero-order valence-electron chi connectivity index (χ0n) is 32.1. The van der Waals surface area contributed by atoms with Crippen molar-refractivity contribution in [3.8, 4) is 0 Å². The van der Waals surface area contributed by atoms with Gasteiger partial charge in [0.25, 0.3) is 0 Å². The maximum atomic E-state index is 13.0. The number of carbonyl (C=O) groups is 1. The van der Waals surface area contributed by atoms with E-state index in [1.807, 2.05) is 0 Å². The van der Waals surface area contributed by atoms with E-state index in [0.29, 0.717) is 12.8 Å². The van der Waals surface area contributed by atoms with E-state index in [1.165, 1.54) is 89.9 Å². The number of aliphatic hydroxyl groups excluding tert-OH is 7. The van der Waals surface area contributed by atoms with Gasteiger partial charge in [-0.3, -0.25) is 4.79 Å². The molecular weight excluding hydrogens is 654 g/mol. The molecule has 1 heterocycles. The lowest BCUT2D eigenvalue weighted by atomic mass is 9.98. The second-order valence-corrected chi connectivity index (χ2v) is 14.7. The van der Waals surface area contributed by atoms with E-state index in [-0.39, 0.29) is 12.8 Å². The van der Waals surface area contributed by atoms with E-state index in [4.69, 9.17) is 9.47 Å². The van der Waals surface area contributed by atoms with E-state index in [0.717, 1.165) is 38.5 Å². The molecule has 9 atom stereocenters. The first-order valence-electron chi connectivity index (χ1n) is 20.6. The van der Waals surface area contributed by atoms with Gasteiger partial charge in [0.2, 0.25) is 5.91 Å². The molecule has 51 heavy (non-hydrogen) atoms. The minimum absolute atomic E-state index is 0.257. The molecule has 1 amide bonds. The average Bonchev–Trinajstić information content (AvgIpc) is 3.13. The summed E-state index contributed by atoms with van der Waals surface area (Å²) >= 11 is 0. The molecule has 1 unspecified atom stereocenters. The van der Waals surface area contributed by atoms with Crippen LogP contribution in [0.15, 0.2) is 12.2 Å². The fourth-order valence-electron chi connectivity index (χ4n) is 6.56. The van der Waals surface area contributed by atoms with Crippen LogP contribution in [0.1, 0.15) is 168 Å². The van der Waals surface area contributed by atoms with Crippen LogP contribution in [0.25, 0.3) is 0 Å². The largest absolute Gasteiger partial charge is 0.394 e. The second-order valence-electron chi connectivity index (χ2n) is 14.7. The van der Waals surface area contributed by atoms with Gasteiger partial charge in [-0.1, -0.05) is 142 Å². The third-order valence-electron chi connectivity index (χ3n) is 10.1. The van der Waals surface area contributed by atoms with Crippen LogP contribution in [0.3, 0.4) is 0 Å². The van der Waals surface area contributed by atoms with Gasteiger partial charge in [-0.15, -0.1) is 0 Å². The summed E-state index contributed by atoms with van der Waals surface area (Å²) in [6.45, 7) is 3.38. The molecule has 0 saturated carbocycles. The van der Waals surface area contributed by atoms with Gasteiger partial charge in [0.05, 0.1) is 25.4 Å². The fraction of sp³-hybridized carbons (Fsp3) is 0.925. The number of ether oxygens (including phenoxy) is 2. The predicted molar refractivity (Wildman–Crippen MR) is 201 cm³/mol. The van der Waals surface area contributed by atoms with Crippen LogP contribution in [0.5, 0.6) is 0 Å². The summed E-state index contributed by atoms with van der Waals surface area (Å²) in [6, 6.07) is -1.18. The maximum Gasteiger partial charge on any atom is 0.249 e. The molecule has 0 aromatic heterocycles. The molecule has 1 aliphatic heterocycles. The molecule has 11 heteroatoms. The van der Waals surface area contributed by atoms with Crippen molar-refractivity contribution in [2.45, 2.75) is 223 Å². The number of aliphatic hydroxyl groups is 7. The van der Waals surface area contributed by atoms with Crippen molar-refractivity contribution in [3.63, 3.8) is 0 Å². The quantitative estimate of drug-likeness (QED) is 0.0324. The molecule has 1 saturated heterocycles. The zero-order valence-corrected chi connectivity index (χ0v) is 32.1. The molecule has 0 bridgehead atoms. The summed E-state index contributed by atoms with van der Waals surface area (Å²) < 4.78 is 11.0. The number of rotatable bonds is 33. The lowest BCUT2D eigenvalue weighted by Gasteiger charge is -2.40. The number of hydrogen-bond acceptors (Lipinski definition) is 10. The van der Waals surface area contributed by atoms with Crippen LogP contribution in [0, 0.1) is 0 Å². The Balaban J connectivity index is 2.56. The van der Waals surface area contributed by atoms with E-state index >= 15 is 0 Å². The Morgan fingerprint density at radius 2 is 1.16 bits per heavy atom. The Hall–Kier alpha value is -1.15. The fourth-order valence-corrected chi connectivity index (χ4v) is 6.56. The lowest BCUT2D eigenvalue weighted by molar-refractivity contribution is -0.303. The minimum Gasteiger partial charge on any atom is -0.394 e. The maximum absolute atomic E-state index is 13.0. The normalized spacial score (nSPS) is 23.4. The molecule has 8 N–H and O–H groups in total. The third-order valence-corrected chi connectivity index (χ3v) is 10.1. The van der Waals surface area contributed by atoms with Gasteiger partial charge in [0, 0.05) is 0 Å². The topological polar surface area (TPSA) is 189 Å². The predicted octanol–water partition coefficient (Wildman–Crippen LogP) is 5.33. The van der Waals surface area contributed by atoms with Crippen LogP contribution in [0.4, 0.5) is 0 Å². The van der Waals surface area contributed by atoms with Gasteiger partial charge >= 0.3 is 0 Å². The first-order valence-corrected chi connectivity index (χ1v) is 20.6. The van der Waals surface area contributed by atoms with Crippen molar-refractivity contribution < 1.29 is 50.0 Å². The SMILES string of the molecule is CCCCCCCCC/C=C\CCC[C@@H](O)[C@@H](O)[C@H](CO[C@@H]1O[C@H](CO)[C@@H](O)[C@H](O)[C@H]1O)NC(=O)C(O)CCCCCCCCCCCCCC. The van der Waals surface area contributed by atoms with Crippen molar-refractivity contribution in [1.82, 2.24) is 5.32 Å². The minimum atomic E-state index is -1.66. The summed E-state index contributed by atoms with van der Waals surface area (Å²) in [5.41, 5.74) is 0. The third kappa shape index (κ3) is 22.0. The monoisotopic (exact) mass is 732 g/mol. The molecule has 11 nitrogen and oxygen atoms in total. The summed E-state index contributed by atoms with van der Waals surface area (Å²) in [6.07, 6.45) is 18.4. The average molecular weight is 732 g/mol. The van der Waals surface area contributed by atoms with Crippen molar-refractivity contribution in [2.75, 3.05) is 13.2 Å². The van der Waals surface area contributed by atoms with E-state index < -0.39 is 74.2 Å². The number of allylic oxidation sites excluding steroid dienone is 2. The first kappa shape index (κ1) is 47.9. The standard InChI is InChI=1S/C40H77NO10/c1-3-5-7-9-11-13-15-17-19-21-23-25-27-32(43)35(45)31(30-50-40-38(48)37(47)36(46)34(29-42)51-40)41-39(49)33(44)28-26-24-22-20-18-16-14-12-10-8-6-4-2/h19,21,31-38,40,42-48H,3-18,20,22-30H2,1-2H3,(H,41,49)/b21-19-/t31-,32+,33?,34+,35-,36+,37-,38+,40+/m0/s1. The Labute approximate surface area is 309 Å². The Morgan fingerprint density at radius 1 is 0.667 bits per heavy atom. The molecule has 1 aliphatic rings. The van der Waals surface area contributed by atoms with Crippen molar-refractivity contribution >= 4 is 5.91 Å². The van der Waals surface area contributed by atoms with Gasteiger partial charge in [-0.25, -0.2) is 0 Å². The van der Waals surface area contributed by atoms with Crippen LogP contribution < -0.4 is 5.32 Å². The molecular formula is C40H77NO10. The van der Waals surface area contributed by atoms with Gasteiger partial charge < -0.3 is 50.5 Å². The Bertz CT molecular complexity index is 846. The van der Waals surface area contributed by atoms with E-state index in [2.05, 4.69) is 31.3 Å². The van der Waals surface area contributed by atoms with Crippen molar-refractivity contribution in [3.05, 3.63) is 12.2 Å². The summed E-state index contributed by atoms with van der Waals surface area (Å²) in [4.78, 5) is 13.0. The van der Waals surface area contributed by atoms with Crippen molar-refractivity contribution in [1.29, 1.82) is 0 Å². The summed E-state index contributed by atoms with van der Waals surface area (Å²) in [7, 11) is 0. The number of carbonyl (C=O) groups excluding carboxylic acids is 1. The number of unbranched alkanes of at least 4 members (excludes halogenated alkanes) is 19. The molecule has 0 spiro atoms. The molecule has 1 fully saturated rings. The smallest absolute Gasteiger partial charge is 0.249 e. The summed E-state index contributed by atoms with van der Waals surface area (Å²) in [5, 5.41) is 75.2. The second kappa shape index (κ2) is 31.2. The highest BCUT2D eigenvalue weighted by Gasteiger charge is 2.44. The molecule has 0 aromatic rings. The summed E-state index contributed by atoms with van der Waals surface area (Å²) in [5.74, 6) is -0.708. The van der Waals surface area contributed by atoms with Crippen LogP contribution in [0.2, 0.25) is 0 Å². The first-order chi connectivity index (χ1) is 24.7. The number of amides is 1. The molecule has 0 aliphatic carbocycles. The van der Waals surface area contributed by atoms with E-state index in [9.17, 15) is 40.5 Å². The van der Waals surface area contributed by atoms with Crippen LogP contribution >= 0.6 is 0 Å². The molecule has 0 radical (unpaired) electrons. The van der Waals surface area contributed by atoms with Crippen LogP contribution in [-0.2, 0) is 14.3 Å². The Kier molecular flexibility index (Phi) is 29.3.